The van der Waals surface area contributed by atoms with Gasteiger partial charge in [-0.05, 0) is 90.3 Å². The van der Waals surface area contributed by atoms with E-state index in [4.69, 9.17) is 9.47 Å². The molecule has 0 aliphatic rings. The number of carbonyl (C=O) groups is 3. The van der Waals surface area contributed by atoms with Crippen LogP contribution in [0.15, 0.2) is 0 Å². The summed E-state index contributed by atoms with van der Waals surface area (Å²) in [5.41, 5.74) is 0. The van der Waals surface area contributed by atoms with Crippen LogP contribution in [0.4, 0.5) is 0 Å². The first-order valence-corrected chi connectivity index (χ1v) is 29.9. The molecule has 0 N–H and O–H groups in total. The molecule has 7 heteroatoms. The number of amides is 1. The van der Waals surface area contributed by atoms with Crippen molar-refractivity contribution in [2.24, 2.45) is 11.8 Å². The summed E-state index contributed by atoms with van der Waals surface area (Å²) in [6.45, 7) is 14.8. The first kappa shape index (κ1) is 65.5. The lowest BCUT2D eigenvalue weighted by molar-refractivity contribution is -0.145. The molecular formula is C60H118N2O5. The summed E-state index contributed by atoms with van der Waals surface area (Å²) >= 11 is 0. The van der Waals surface area contributed by atoms with Crippen LogP contribution in [0.2, 0.25) is 0 Å². The summed E-state index contributed by atoms with van der Waals surface area (Å²) < 4.78 is 11.7. The van der Waals surface area contributed by atoms with Crippen molar-refractivity contribution < 1.29 is 23.9 Å². The Labute approximate surface area is 419 Å². The highest BCUT2D eigenvalue weighted by Crippen LogP contribution is 2.23. The van der Waals surface area contributed by atoms with Crippen LogP contribution in [0.3, 0.4) is 0 Å². The van der Waals surface area contributed by atoms with Crippen molar-refractivity contribution in [1.29, 1.82) is 0 Å². The van der Waals surface area contributed by atoms with Crippen LogP contribution in [-0.4, -0.2) is 80.5 Å². The second-order valence-electron chi connectivity index (χ2n) is 21.6. The third-order valence-corrected chi connectivity index (χ3v) is 14.3. The van der Waals surface area contributed by atoms with Crippen molar-refractivity contribution in [2.75, 3.05) is 47.0 Å². The zero-order valence-corrected chi connectivity index (χ0v) is 46.4. The molecule has 3 unspecified atom stereocenters. The Hall–Kier alpha value is -1.47. The number of ether oxygens (including phenoxy) is 2. The molecule has 0 saturated heterocycles. The van der Waals surface area contributed by atoms with E-state index < -0.39 is 0 Å². The molecule has 0 radical (unpaired) electrons. The van der Waals surface area contributed by atoms with Crippen molar-refractivity contribution in [3.8, 4) is 0 Å². The Kier molecular flexibility index (Phi) is 49.8. The van der Waals surface area contributed by atoms with Crippen molar-refractivity contribution in [2.45, 2.75) is 310 Å². The van der Waals surface area contributed by atoms with Crippen LogP contribution in [0.1, 0.15) is 304 Å². The van der Waals surface area contributed by atoms with Crippen molar-refractivity contribution in [3.05, 3.63) is 0 Å². The normalized spacial score (nSPS) is 13.0. The van der Waals surface area contributed by atoms with Crippen LogP contribution < -0.4 is 0 Å². The van der Waals surface area contributed by atoms with E-state index in [1.54, 1.807) is 0 Å². The van der Waals surface area contributed by atoms with Gasteiger partial charge in [-0.2, -0.15) is 0 Å². The highest BCUT2D eigenvalue weighted by molar-refractivity contribution is 5.79. The lowest BCUT2D eigenvalue weighted by Gasteiger charge is -2.33. The molecule has 0 spiro atoms. The topological polar surface area (TPSA) is 76.2 Å². The first-order valence-electron chi connectivity index (χ1n) is 29.9. The number of hydrogen-bond acceptors (Lipinski definition) is 6. The molecule has 1 amide bonds. The lowest BCUT2D eigenvalue weighted by Crippen LogP contribution is -2.41. The molecule has 0 heterocycles. The van der Waals surface area contributed by atoms with Gasteiger partial charge in [0.05, 0.1) is 6.61 Å². The molecule has 0 aliphatic carbocycles. The molecule has 67 heavy (non-hydrogen) atoms. The van der Waals surface area contributed by atoms with Crippen LogP contribution in [-0.2, 0) is 23.9 Å². The van der Waals surface area contributed by atoms with E-state index in [9.17, 15) is 14.4 Å². The zero-order chi connectivity index (χ0) is 49.3. The Morgan fingerprint density at radius 3 is 1.31 bits per heavy atom. The quantitative estimate of drug-likeness (QED) is 0.0447. The Bertz CT molecular complexity index is 1070. The van der Waals surface area contributed by atoms with E-state index >= 15 is 0 Å². The monoisotopic (exact) mass is 947 g/mol. The van der Waals surface area contributed by atoms with Gasteiger partial charge in [-0.3, -0.25) is 14.4 Å². The minimum Gasteiger partial charge on any atom is -0.465 e. The van der Waals surface area contributed by atoms with Gasteiger partial charge >= 0.3 is 5.97 Å². The average Bonchev–Trinajstić information content (AvgIpc) is 3.31. The fourth-order valence-corrected chi connectivity index (χ4v) is 9.77. The predicted octanol–water partition coefficient (Wildman–Crippen LogP) is 17.6. The maximum atomic E-state index is 13.9. The third-order valence-electron chi connectivity index (χ3n) is 14.3. The molecule has 0 bridgehead atoms. The number of ketones is 1. The Balaban J connectivity index is 4.81. The molecule has 0 fully saturated rings. The van der Waals surface area contributed by atoms with Gasteiger partial charge in [0.2, 0.25) is 5.91 Å². The smallest absolute Gasteiger partial charge is 0.305 e. The van der Waals surface area contributed by atoms with Crippen molar-refractivity contribution in [1.82, 2.24) is 9.80 Å². The molecule has 0 saturated carbocycles. The SMILES string of the molecule is CCCCCCCCC(C)COC(=O)CCCCCCCCC(CCCCCCCCC(=O)COCC(CCCCCC)CCCCCCCC)N(CCCN(C)C)C(=O)CCCCCCC. The predicted molar refractivity (Wildman–Crippen MR) is 290 cm³/mol. The summed E-state index contributed by atoms with van der Waals surface area (Å²) in [6.07, 6.45) is 49.2. The average molecular weight is 948 g/mol. The van der Waals surface area contributed by atoms with E-state index in [2.05, 4.69) is 58.5 Å². The molecule has 0 aromatic heterocycles. The van der Waals surface area contributed by atoms with E-state index in [0.717, 1.165) is 103 Å². The van der Waals surface area contributed by atoms with E-state index in [1.807, 2.05) is 0 Å². The molecule has 0 aromatic carbocycles. The summed E-state index contributed by atoms with van der Waals surface area (Å²) in [5.74, 6) is 1.68. The van der Waals surface area contributed by atoms with Gasteiger partial charge in [0.1, 0.15) is 6.61 Å². The number of nitrogens with zero attached hydrogens (tertiary/aromatic N) is 2. The molecule has 7 nitrogen and oxygen atoms in total. The molecule has 0 aliphatic heterocycles. The largest absolute Gasteiger partial charge is 0.465 e. The van der Waals surface area contributed by atoms with Gasteiger partial charge in [-0.1, -0.05) is 227 Å². The first-order chi connectivity index (χ1) is 32.7. The summed E-state index contributed by atoms with van der Waals surface area (Å²) in [5, 5.41) is 0. The fourth-order valence-electron chi connectivity index (χ4n) is 9.77. The van der Waals surface area contributed by atoms with Crippen LogP contribution in [0, 0.1) is 11.8 Å². The molecule has 0 rings (SSSR count). The maximum absolute atomic E-state index is 13.9. The van der Waals surface area contributed by atoms with E-state index in [-0.39, 0.29) is 11.8 Å². The van der Waals surface area contributed by atoms with Gasteiger partial charge in [-0.15, -0.1) is 0 Å². The van der Waals surface area contributed by atoms with Crippen LogP contribution >= 0.6 is 0 Å². The minimum atomic E-state index is -0.0247. The third kappa shape index (κ3) is 45.4. The fraction of sp³-hybridized carbons (Fsp3) is 0.950. The molecule has 398 valence electrons. The lowest BCUT2D eigenvalue weighted by atomic mass is 9.95. The van der Waals surface area contributed by atoms with Gasteiger partial charge in [0.25, 0.3) is 0 Å². The number of rotatable bonds is 54. The van der Waals surface area contributed by atoms with Crippen LogP contribution in [0.25, 0.3) is 0 Å². The van der Waals surface area contributed by atoms with Gasteiger partial charge in [-0.25, -0.2) is 0 Å². The molecule has 0 aromatic rings. The van der Waals surface area contributed by atoms with E-state index in [0.29, 0.717) is 56.3 Å². The summed E-state index contributed by atoms with van der Waals surface area (Å²) in [6, 6.07) is 0.322. The second-order valence-corrected chi connectivity index (χ2v) is 21.6. The minimum absolute atomic E-state index is 0.0247. The molecular weight excluding hydrogens is 829 g/mol. The van der Waals surface area contributed by atoms with E-state index in [1.165, 1.54) is 167 Å². The number of Topliss-reactive ketones (excluding diaryl/α,β-unsaturated/α-hetero) is 1. The highest BCUT2D eigenvalue weighted by atomic mass is 16.5. The number of esters is 1. The van der Waals surface area contributed by atoms with Gasteiger partial charge in [0, 0.05) is 38.5 Å². The Morgan fingerprint density at radius 1 is 0.418 bits per heavy atom. The Morgan fingerprint density at radius 2 is 0.821 bits per heavy atom. The van der Waals surface area contributed by atoms with Gasteiger partial charge in [0.15, 0.2) is 5.78 Å². The standard InChI is InChI=1S/C60H118N2O5/c1-8-12-16-20-27-33-42-55(5)52-67-60(65)49-40-32-25-23-30-37-46-57(62(51-41-50-61(6)7)59(64)48-39-26-18-14-10-3)45-36-29-22-24-31-38-47-58(63)54-66-53-56(43-34-19-15-11-4)44-35-28-21-17-13-9-2/h55-57H,8-54H2,1-7H3. The summed E-state index contributed by atoms with van der Waals surface area (Å²) in [7, 11) is 4.26. The second kappa shape index (κ2) is 50.9. The highest BCUT2D eigenvalue weighted by Gasteiger charge is 2.23. The van der Waals surface area contributed by atoms with Gasteiger partial charge < -0.3 is 19.3 Å². The number of carbonyl (C=O) groups excluding carboxylic acids is 3. The maximum Gasteiger partial charge on any atom is 0.305 e. The van der Waals surface area contributed by atoms with Crippen molar-refractivity contribution in [3.63, 3.8) is 0 Å². The van der Waals surface area contributed by atoms with Crippen LogP contribution in [0.5, 0.6) is 0 Å². The van der Waals surface area contributed by atoms with Crippen molar-refractivity contribution >= 4 is 17.7 Å². The number of unbranched alkanes of at least 4 members (excludes halogenated alkanes) is 27. The molecule has 3 atom stereocenters. The zero-order valence-electron chi connectivity index (χ0n) is 46.4. The summed E-state index contributed by atoms with van der Waals surface area (Å²) in [4.78, 5) is 43.6. The number of hydrogen-bond donors (Lipinski definition) is 0.